The predicted octanol–water partition coefficient (Wildman–Crippen LogP) is 3.77. The Kier molecular flexibility index (Phi) is 4.31. The molecule has 0 amide bonds. The quantitative estimate of drug-likeness (QED) is 0.529. The predicted molar refractivity (Wildman–Crippen MR) is 80.9 cm³/mol. The van der Waals surface area contributed by atoms with Crippen molar-refractivity contribution in [2.24, 2.45) is 5.10 Å². The fraction of sp³-hybridized carbons (Fsp3) is 0.167. The lowest BCUT2D eigenvalue weighted by Gasteiger charge is -1.97. The first-order valence-electron chi connectivity index (χ1n) is 5.64. The molecule has 0 unspecified atom stereocenters. The molecule has 0 saturated heterocycles. The maximum atomic E-state index is 10.8. The zero-order valence-electron chi connectivity index (χ0n) is 10.8. The average molecular weight is 311 g/mol. The molecule has 0 bridgehead atoms. The first kappa shape index (κ1) is 14.4. The number of anilines is 1. The molecule has 1 aromatic heterocycles. The Labute approximate surface area is 124 Å². The minimum absolute atomic E-state index is 0.103. The number of nitro groups is 1. The summed E-state index contributed by atoms with van der Waals surface area (Å²) in [6.07, 6.45) is 1.48. The van der Waals surface area contributed by atoms with Gasteiger partial charge in [0.2, 0.25) is 5.13 Å². The Bertz CT molecular complexity index is 665. The molecule has 0 aliphatic rings. The van der Waals surface area contributed by atoms with Gasteiger partial charge in [-0.2, -0.15) is 5.10 Å². The van der Waals surface area contributed by atoms with Crippen LogP contribution in [0.1, 0.15) is 16.1 Å². The van der Waals surface area contributed by atoms with Crippen LogP contribution >= 0.6 is 22.9 Å². The van der Waals surface area contributed by atoms with Crippen LogP contribution in [0.5, 0.6) is 0 Å². The molecule has 2 aromatic rings. The number of rotatable bonds is 4. The van der Waals surface area contributed by atoms with Gasteiger partial charge in [0, 0.05) is 16.5 Å². The van der Waals surface area contributed by atoms with Gasteiger partial charge < -0.3 is 0 Å². The molecule has 2 rings (SSSR count). The maximum absolute atomic E-state index is 10.8. The third kappa shape index (κ3) is 3.31. The fourth-order valence-electron chi connectivity index (χ4n) is 1.43. The van der Waals surface area contributed by atoms with Crippen LogP contribution in [0, 0.1) is 24.0 Å². The molecule has 0 aliphatic heterocycles. The number of aryl methyl sites for hydroxylation is 2. The third-order valence-electron chi connectivity index (χ3n) is 2.57. The van der Waals surface area contributed by atoms with Gasteiger partial charge in [-0.15, -0.1) is 11.3 Å². The van der Waals surface area contributed by atoms with E-state index in [1.165, 1.54) is 29.7 Å². The second kappa shape index (κ2) is 5.98. The standard InChI is InChI=1S/C12H11ClN4O2S/c1-7-8(2)20-12(15-7)16-14-6-9-3-4-10(13)11(5-9)17(18)19/h3-6H,1-2H3,(H,15,16)/b14-6-. The molecule has 6 nitrogen and oxygen atoms in total. The van der Waals surface area contributed by atoms with Gasteiger partial charge in [0.15, 0.2) is 0 Å². The Morgan fingerprint density at radius 3 is 2.85 bits per heavy atom. The highest BCUT2D eigenvalue weighted by atomic mass is 35.5. The third-order valence-corrected chi connectivity index (χ3v) is 3.87. The largest absolute Gasteiger partial charge is 0.288 e. The monoisotopic (exact) mass is 310 g/mol. The van der Waals surface area contributed by atoms with E-state index in [2.05, 4.69) is 15.5 Å². The van der Waals surface area contributed by atoms with Crippen LogP contribution in [0.4, 0.5) is 10.8 Å². The van der Waals surface area contributed by atoms with E-state index in [9.17, 15) is 10.1 Å². The van der Waals surface area contributed by atoms with Crippen molar-refractivity contribution in [2.75, 3.05) is 5.43 Å². The molecule has 1 N–H and O–H groups in total. The highest BCUT2D eigenvalue weighted by Gasteiger charge is 2.11. The number of halogens is 1. The SMILES string of the molecule is Cc1nc(N/N=C\c2ccc(Cl)c([N+](=O)[O-])c2)sc1C. The summed E-state index contributed by atoms with van der Waals surface area (Å²) in [5.41, 5.74) is 4.19. The second-order valence-electron chi connectivity index (χ2n) is 4.00. The van der Waals surface area contributed by atoms with Crippen LogP contribution in [-0.2, 0) is 0 Å². The van der Waals surface area contributed by atoms with Crippen LogP contribution in [0.25, 0.3) is 0 Å². The summed E-state index contributed by atoms with van der Waals surface area (Å²) in [6.45, 7) is 3.90. The molecule has 1 heterocycles. The van der Waals surface area contributed by atoms with Crippen LogP contribution in [0.3, 0.4) is 0 Å². The van der Waals surface area contributed by atoms with E-state index in [1.54, 1.807) is 6.07 Å². The van der Waals surface area contributed by atoms with Gasteiger partial charge in [-0.3, -0.25) is 15.5 Å². The average Bonchev–Trinajstić information content (AvgIpc) is 2.70. The van der Waals surface area contributed by atoms with Crippen molar-refractivity contribution in [3.63, 3.8) is 0 Å². The molecular weight excluding hydrogens is 300 g/mol. The molecule has 0 aliphatic carbocycles. The Hall–Kier alpha value is -1.99. The maximum Gasteiger partial charge on any atom is 0.288 e. The number of benzene rings is 1. The van der Waals surface area contributed by atoms with Crippen molar-refractivity contribution in [1.82, 2.24) is 4.98 Å². The summed E-state index contributed by atoms with van der Waals surface area (Å²) in [5.74, 6) is 0. The van der Waals surface area contributed by atoms with Gasteiger partial charge in [0.25, 0.3) is 5.69 Å². The van der Waals surface area contributed by atoms with Gasteiger partial charge >= 0.3 is 0 Å². The summed E-state index contributed by atoms with van der Waals surface area (Å²) in [4.78, 5) is 15.6. The molecule has 104 valence electrons. The number of thiazole rings is 1. The second-order valence-corrected chi connectivity index (χ2v) is 5.61. The van der Waals surface area contributed by atoms with E-state index in [1.807, 2.05) is 13.8 Å². The van der Waals surface area contributed by atoms with Crippen molar-refractivity contribution in [1.29, 1.82) is 0 Å². The van der Waals surface area contributed by atoms with Crippen LogP contribution in [0.2, 0.25) is 5.02 Å². The van der Waals surface area contributed by atoms with Crippen molar-refractivity contribution < 1.29 is 4.92 Å². The molecule has 0 saturated carbocycles. The van der Waals surface area contributed by atoms with E-state index in [-0.39, 0.29) is 10.7 Å². The van der Waals surface area contributed by atoms with Gasteiger partial charge in [-0.05, 0) is 19.9 Å². The summed E-state index contributed by atoms with van der Waals surface area (Å²) >= 11 is 7.23. The van der Waals surface area contributed by atoms with Crippen LogP contribution in [0.15, 0.2) is 23.3 Å². The molecule has 8 heteroatoms. The molecule has 20 heavy (non-hydrogen) atoms. The van der Waals surface area contributed by atoms with Crippen molar-refractivity contribution >= 4 is 40.0 Å². The summed E-state index contributed by atoms with van der Waals surface area (Å²) in [6, 6.07) is 4.49. The van der Waals surface area contributed by atoms with E-state index in [4.69, 9.17) is 11.6 Å². The molecule has 1 aromatic carbocycles. The number of nitrogens with one attached hydrogen (secondary N) is 1. The number of hydrogen-bond donors (Lipinski definition) is 1. The highest BCUT2D eigenvalue weighted by Crippen LogP contribution is 2.24. The van der Waals surface area contributed by atoms with E-state index >= 15 is 0 Å². The minimum Gasteiger partial charge on any atom is -0.258 e. The fourth-order valence-corrected chi connectivity index (χ4v) is 2.38. The first-order valence-corrected chi connectivity index (χ1v) is 6.84. The van der Waals surface area contributed by atoms with Gasteiger partial charge in [-0.1, -0.05) is 17.7 Å². The van der Waals surface area contributed by atoms with Crippen LogP contribution in [-0.4, -0.2) is 16.1 Å². The van der Waals surface area contributed by atoms with E-state index < -0.39 is 4.92 Å². The summed E-state index contributed by atoms with van der Waals surface area (Å²) in [5, 5.41) is 15.5. The van der Waals surface area contributed by atoms with Crippen LogP contribution < -0.4 is 5.43 Å². The lowest BCUT2D eigenvalue weighted by atomic mass is 10.2. The molecule has 0 fully saturated rings. The number of hydrazone groups is 1. The normalized spacial score (nSPS) is 10.9. The lowest BCUT2D eigenvalue weighted by molar-refractivity contribution is -0.384. The van der Waals surface area contributed by atoms with Crippen molar-refractivity contribution in [3.05, 3.63) is 49.5 Å². The summed E-state index contributed by atoms with van der Waals surface area (Å²) in [7, 11) is 0. The van der Waals surface area contributed by atoms with Gasteiger partial charge in [0.1, 0.15) is 5.02 Å². The van der Waals surface area contributed by atoms with E-state index in [0.29, 0.717) is 10.7 Å². The van der Waals surface area contributed by atoms with Crippen molar-refractivity contribution in [3.8, 4) is 0 Å². The first-order chi connectivity index (χ1) is 9.47. The van der Waals surface area contributed by atoms with E-state index in [0.717, 1.165) is 10.6 Å². The summed E-state index contributed by atoms with van der Waals surface area (Å²) < 4.78 is 0. The topological polar surface area (TPSA) is 80.4 Å². The number of aromatic nitrogens is 1. The van der Waals surface area contributed by atoms with Gasteiger partial charge in [-0.25, -0.2) is 4.98 Å². The van der Waals surface area contributed by atoms with Gasteiger partial charge in [0.05, 0.1) is 16.8 Å². The Balaban J connectivity index is 2.11. The number of hydrogen-bond acceptors (Lipinski definition) is 6. The lowest BCUT2D eigenvalue weighted by Crippen LogP contribution is -1.93. The molecule has 0 radical (unpaired) electrons. The number of nitro benzene ring substituents is 1. The minimum atomic E-state index is -0.527. The Morgan fingerprint density at radius 2 is 2.25 bits per heavy atom. The Morgan fingerprint density at radius 1 is 1.50 bits per heavy atom. The number of nitrogens with zero attached hydrogens (tertiary/aromatic N) is 3. The highest BCUT2D eigenvalue weighted by molar-refractivity contribution is 7.15. The zero-order chi connectivity index (χ0) is 14.7. The molecule has 0 atom stereocenters. The molecule has 0 spiro atoms. The zero-order valence-corrected chi connectivity index (χ0v) is 12.3. The molecular formula is C12H11ClN4O2S. The van der Waals surface area contributed by atoms with Crippen molar-refractivity contribution in [2.45, 2.75) is 13.8 Å². The smallest absolute Gasteiger partial charge is 0.258 e.